The van der Waals surface area contributed by atoms with Crippen molar-refractivity contribution in [1.29, 1.82) is 5.26 Å². The monoisotopic (exact) mass is 229 g/mol. The summed E-state index contributed by atoms with van der Waals surface area (Å²) < 4.78 is 7.26. The van der Waals surface area contributed by atoms with Crippen molar-refractivity contribution >= 4 is 16.3 Å². The molecule has 0 bridgehead atoms. The molecular formula is C11H7N3OS. The van der Waals surface area contributed by atoms with Crippen LogP contribution in [-0.4, -0.2) is 9.38 Å². The lowest BCUT2D eigenvalue weighted by molar-refractivity contribution is 0.580. The average molecular weight is 229 g/mol. The van der Waals surface area contributed by atoms with Gasteiger partial charge in [-0.2, -0.15) is 5.26 Å². The lowest BCUT2D eigenvalue weighted by atomic mass is 10.2. The van der Waals surface area contributed by atoms with Crippen molar-refractivity contribution in [3.63, 3.8) is 0 Å². The summed E-state index contributed by atoms with van der Waals surface area (Å²) in [6.45, 7) is 0. The zero-order valence-electron chi connectivity index (χ0n) is 8.25. The van der Waals surface area contributed by atoms with Gasteiger partial charge in [-0.15, -0.1) is 11.3 Å². The molecule has 0 fully saturated rings. The zero-order chi connectivity index (χ0) is 11.0. The van der Waals surface area contributed by atoms with Crippen LogP contribution in [0.1, 0.15) is 5.69 Å². The Labute approximate surface area is 95.4 Å². The predicted octanol–water partition coefficient (Wildman–Crippen LogP) is 2.72. The van der Waals surface area contributed by atoms with Crippen LogP contribution < -0.4 is 0 Å². The first kappa shape index (κ1) is 9.19. The average Bonchev–Trinajstić information content (AvgIpc) is 2.93. The highest BCUT2D eigenvalue weighted by Crippen LogP contribution is 2.27. The number of nitriles is 1. The van der Waals surface area contributed by atoms with E-state index in [9.17, 15) is 0 Å². The number of nitrogens with zero attached hydrogens (tertiary/aromatic N) is 3. The molecule has 0 amide bonds. The van der Waals surface area contributed by atoms with Gasteiger partial charge in [0.15, 0.2) is 10.7 Å². The summed E-state index contributed by atoms with van der Waals surface area (Å²) in [6, 6.07) is 5.83. The fraction of sp³-hybridized carbons (Fsp3) is 0.0909. The number of imidazole rings is 1. The van der Waals surface area contributed by atoms with Gasteiger partial charge in [0.25, 0.3) is 0 Å². The molecule has 3 heterocycles. The van der Waals surface area contributed by atoms with Crippen LogP contribution in [0.4, 0.5) is 0 Å². The second-order valence-electron chi connectivity index (χ2n) is 3.27. The lowest BCUT2D eigenvalue weighted by Crippen LogP contribution is -1.90. The number of fused-ring (bicyclic) bond motifs is 1. The molecule has 0 N–H and O–H groups in total. The van der Waals surface area contributed by atoms with E-state index in [0.29, 0.717) is 12.2 Å². The number of thiazole rings is 1. The Hall–Kier alpha value is -2.06. The standard InChI is InChI=1S/C11H7N3OS/c12-4-3-8-10(9-2-1-6-15-9)13-11-14(8)5-7-16-11/h1-2,5-7H,3H2. The molecule has 0 radical (unpaired) electrons. The minimum absolute atomic E-state index is 0.327. The van der Waals surface area contributed by atoms with Crippen molar-refractivity contribution in [3.8, 4) is 17.5 Å². The fourth-order valence-electron chi connectivity index (χ4n) is 1.69. The molecule has 0 aliphatic heterocycles. The van der Waals surface area contributed by atoms with E-state index in [0.717, 1.165) is 16.3 Å². The summed E-state index contributed by atoms with van der Waals surface area (Å²) in [5.74, 6) is 0.709. The zero-order valence-corrected chi connectivity index (χ0v) is 9.07. The van der Waals surface area contributed by atoms with E-state index in [4.69, 9.17) is 9.68 Å². The summed E-state index contributed by atoms with van der Waals surface area (Å²) in [5.41, 5.74) is 1.65. The van der Waals surface area contributed by atoms with Crippen molar-refractivity contribution in [2.75, 3.05) is 0 Å². The molecule has 78 valence electrons. The van der Waals surface area contributed by atoms with Crippen molar-refractivity contribution < 1.29 is 4.42 Å². The van der Waals surface area contributed by atoms with Gasteiger partial charge in [-0.05, 0) is 12.1 Å². The summed E-state index contributed by atoms with van der Waals surface area (Å²) >= 11 is 1.55. The first-order chi connectivity index (χ1) is 7.90. The van der Waals surface area contributed by atoms with E-state index in [1.165, 1.54) is 0 Å². The van der Waals surface area contributed by atoms with Crippen LogP contribution in [0, 0.1) is 11.3 Å². The van der Waals surface area contributed by atoms with Crippen molar-refractivity contribution in [1.82, 2.24) is 9.38 Å². The molecule has 0 aromatic carbocycles. The van der Waals surface area contributed by atoms with E-state index in [-0.39, 0.29) is 0 Å². The molecule has 4 nitrogen and oxygen atoms in total. The smallest absolute Gasteiger partial charge is 0.194 e. The molecule has 3 rings (SSSR count). The van der Waals surface area contributed by atoms with Gasteiger partial charge < -0.3 is 4.42 Å². The van der Waals surface area contributed by atoms with Crippen LogP contribution in [0.2, 0.25) is 0 Å². The molecule has 0 aliphatic rings. The van der Waals surface area contributed by atoms with Gasteiger partial charge in [-0.25, -0.2) is 4.98 Å². The summed E-state index contributed by atoms with van der Waals surface area (Å²) in [6.07, 6.45) is 3.86. The van der Waals surface area contributed by atoms with Crippen LogP contribution in [-0.2, 0) is 6.42 Å². The molecule has 3 aromatic heterocycles. The minimum atomic E-state index is 0.327. The molecule has 0 atom stereocenters. The maximum atomic E-state index is 8.84. The molecule has 0 spiro atoms. The number of rotatable bonds is 2. The van der Waals surface area contributed by atoms with Gasteiger partial charge >= 0.3 is 0 Å². The largest absolute Gasteiger partial charge is 0.463 e. The Morgan fingerprint density at radius 3 is 3.25 bits per heavy atom. The molecule has 0 aliphatic carbocycles. The fourth-order valence-corrected chi connectivity index (χ4v) is 2.42. The van der Waals surface area contributed by atoms with E-state index >= 15 is 0 Å². The molecule has 0 saturated heterocycles. The van der Waals surface area contributed by atoms with Crippen LogP contribution in [0.3, 0.4) is 0 Å². The molecule has 0 saturated carbocycles. The highest BCUT2D eigenvalue weighted by atomic mass is 32.1. The topological polar surface area (TPSA) is 54.2 Å². The maximum Gasteiger partial charge on any atom is 0.194 e. The highest BCUT2D eigenvalue weighted by Gasteiger charge is 2.16. The first-order valence-corrected chi connectivity index (χ1v) is 5.63. The minimum Gasteiger partial charge on any atom is -0.463 e. The van der Waals surface area contributed by atoms with Crippen molar-refractivity contribution in [3.05, 3.63) is 35.7 Å². The maximum absolute atomic E-state index is 8.84. The Morgan fingerprint density at radius 2 is 2.50 bits per heavy atom. The quantitative estimate of drug-likeness (QED) is 0.678. The van der Waals surface area contributed by atoms with Crippen LogP contribution >= 0.6 is 11.3 Å². The summed E-state index contributed by atoms with van der Waals surface area (Å²) in [7, 11) is 0. The third-order valence-electron chi connectivity index (χ3n) is 2.36. The molecule has 5 heteroatoms. The summed E-state index contributed by atoms with van der Waals surface area (Å²) in [5, 5.41) is 10.8. The molecule has 0 unspecified atom stereocenters. The molecule has 3 aromatic rings. The Kier molecular flexibility index (Phi) is 2.01. The SMILES string of the molecule is N#CCc1c(-c2ccco2)nc2sccn12. The number of hydrogen-bond donors (Lipinski definition) is 0. The van der Waals surface area contributed by atoms with Gasteiger partial charge in [-0.3, -0.25) is 4.40 Å². The van der Waals surface area contributed by atoms with Crippen molar-refractivity contribution in [2.24, 2.45) is 0 Å². The molecule has 16 heavy (non-hydrogen) atoms. The van der Waals surface area contributed by atoms with Crippen LogP contribution in [0.25, 0.3) is 16.4 Å². The number of hydrogen-bond acceptors (Lipinski definition) is 4. The van der Waals surface area contributed by atoms with E-state index in [2.05, 4.69) is 11.1 Å². The van der Waals surface area contributed by atoms with Gasteiger partial charge in [0, 0.05) is 11.6 Å². The Balaban J connectivity index is 2.27. The van der Waals surface area contributed by atoms with E-state index in [1.54, 1.807) is 17.6 Å². The third kappa shape index (κ3) is 1.24. The Morgan fingerprint density at radius 1 is 1.56 bits per heavy atom. The first-order valence-electron chi connectivity index (χ1n) is 4.75. The van der Waals surface area contributed by atoms with Crippen LogP contribution in [0.5, 0.6) is 0 Å². The predicted molar refractivity (Wildman–Crippen MR) is 60.1 cm³/mol. The normalized spacial score (nSPS) is 10.7. The highest BCUT2D eigenvalue weighted by molar-refractivity contribution is 7.15. The van der Waals surface area contributed by atoms with Crippen LogP contribution in [0.15, 0.2) is 34.4 Å². The number of aromatic nitrogens is 2. The summed E-state index contributed by atoms with van der Waals surface area (Å²) in [4.78, 5) is 5.36. The second kappa shape index (κ2) is 3.51. The van der Waals surface area contributed by atoms with Gasteiger partial charge in [0.05, 0.1) is 24.4 Å². The lowest BCUT2D eigenvalue weighted by Gasteiger charge is -1.95. The van der Waals surface area contributed by atoms with E-state index < -0.39 is 0 Å². The second-order valence-corrected chi connectivity index (χ2v) is 4.15. The van der Waals surface area contributed by atoms with Gasteiger partial charge in [0.2, 0.25) is 0 Å². The third-order valence-corrected chi connectivity index (χ3v) is 3.12. The van der Waals surface area contributed by atoms with Gasteiger partial charge in [0.1, 0.15) is 5.69 Å². The Bertz CT molecular complexity index is 657. The molecular weight excluding hydrogens is 222 g/mol. The number of furan rings is 1. The van der Waals surface area contributed by atoms with Gasteiger partial charge in [-0.1, -0.05) is 0 Å². The van der Waals surface area contributed by atoms with Crippen molar-refractivity contribution in [2.45, 2.75) is 6.42 Å². The van der Waals surface area contributed by atoms with E-state index in [1.807, 2.05) is 28.1 Å².